The van der Waals surface area contributed by atoms with Crippen molar-refractivity contribution in [1.82, 2.24) is 0 Å². The first kappa shape index (κ1) is 15.0. The van der Waals surface area contributed by atoms with E-state index in [1.807, 2.05) is 19.1 Å². The third-order valence-corrected chi connectivity index (χ3v) is 3.91. The second-order valence-electron chi connectivity index (χ2n) is 6.17. The van der Waals surface area contributed by atoms with Crippen molar-refractivity contribution in [2.75, 3.05) is 11.9 Å². The number of aliphatic hydroxyl groups is 1. The third kappa shape index (κ3) is 3.49. The van der Waals surface area contributed by atoms with Crippen LogP contribution in [0.5, 0.6) is 0 Å². The molecular weight excluding hydrogens is 222 g/mol. The molecule has 0 amide bonds. The van der Waals surface area contributed by atoms with Gasteiger partial charge in [-0.3, -0.25) is 0 Å². The predicted octanol–water partition coefficient (Wildman–Crippen LogP) is 4.00. The zero-order valence-corrected chi connectivity index (χ0v) is 12.6. The fraction of sp³-hybridized carbons (Fsp3) is 0.625. The number of anilines is 1. The van der Waals surface area contributed by atoms with Crippen LogP contribution in [-0.4, -0.2) is 18.2 Å². The van der Waals surface area contributed by atoms with E-state index < -0.39 is 0 Å². The maximum Gasteiger partial charge on any atom is 0.0787 e. The Balaban J connectivity index is 2.85. The van der Waals surface area contributed by atoms with Crippen molar-refractivity contribution in [3.8, 4) is 0 Å². The molecule has 1 aromatic carbocycles. The molecule has 1 unspecified atom stereocenters. The van der Waals surface area contributed by atoms with Crippen molar-refractivity contribution < 1.29 is 5.11 Å². The fourth-order valence-electron chi connectivity index (χ4n) is 1.97. The zero-order valence-electron chi connectivity index (χ0n) is 12.6. The molecule has 102 valence electrons. The first-order chi connectivity index (χ1) is 8.27. The summed E-state index contributed by atoms with van der Waals surface area (Å²) in [7, 11) is 2.13. The molecule has 0 aliphatic heterocycles. The molecule has 2 nitrogen and oxygen atoms in total. The molecule has 0 fully saturated rings. The van der Waals surface area contributed by atoms with Gasteiger partial charge in [-0.25, -0.2) is 0 Å². The van der Waals surface area contributed by atoms with Gasteiger partial charge in [-0.1, -0.05) is 39.8 Å². The van der Waals surface area contributed by atoms with Gasteiger partial charge >= 0.3 is 0 Å². The van der Waals surface area contributed by atoms with E-state index in [1.54, 1.807) is 0 Å². The van der Waals surface area contributed by atoms with Gasteiger partial charge < -0.3 is 10.0 Å². The summed E-state index contributed by atoms with van der Waals surface area (Å²) in [4.78, 5) is 2.29. The molecule has 0 bridgehead atoms. The van der Waals surface area contributed by atoms with Gasteiger partial charge in [0.15, 0.2) is 0 Å². The summed E-state index contributed by atoms with van der Waals surface area (Å²) < 4.78 is 0. The van der Waals surface area contributed by atoms with Gasteiger partial charge in [-0.2, -0.15) is 0 Å². The smallest absolute Gasteiger partial charge is 0.0787 e. The van der Waals surface area contributed by atoms with Crippen LogP contribution >= 0.6 is 0 Å². The number of nitrogens with zero attached hydrogens (tertiary/aromatic N) is 1. The number of benzene rings is 1. The summed E-state index contributed by atoms with van der Waals surface area (Å²) in [6, 6.07) is 8.69. The van der Waals surface area contributed by atoms with Crippen LogP contribution < -0.4 is 4.90 Å². The van der Waals surface area contributed by atoms with Gasteiger partial charge in [0, 0.05) is 18.8 Å². The van der Waals surface area contributed by atoms with Crippen LogP contribution in [0, 0.1) is 5.41 Å². The normalized spacial score (nSPS) is 15.3. The Morgan fingerprint density at radius 1 is 1.17 bits per heavy atom. The lowest BCUT2D eigenvalue weighted by molar-refractivity contribution is 0.173. The molecule has 1 rings (SSSR count). The molecule has 0 radical (unpaired) electrons. The predicted molar refractivity (Wildman–Crippen MR) is 79.0 cm³/mol. The maximum atomic E-state index is 9.78. The fourth-order valence-corrected chi connectivity index (χ4v) is 1.97. The summed E-state index contributed by atoms with van der Waals surface area (Å²) in [6.45, 7) is 11.0. The van der Waals surface area contributed by atoms with Crippen LogP contribution in [0.3, 0.4) is 0 Å². The van der Waals surface area contributed by atoms with Crippen molar-refractivity contribution in [2.45, 2.75) is 53.2 Å². The molecule has 0 aromatic heterocycles. The number of hydrogen-bond acceptors (Lipinski definition) is 2. The summed E-state index contributed by atoms with van der Waals surface area (Å²) in [5, 5.41) is 9.78. The van der Waals surface area contributed by atoms with Crippen LogP contribution in [0.4, 0.5) is 5.69 Å². The van der Waals surface area contributed by atoms with Crippen molar-refractivity contribution in [3.63, 3.8) is 0 Å². The van der Waals surface area contributed by atoms with Gasteiger partial charge in [0.2, 0.25) is 0 Å². The molecule has 1 N–H and O–H groups in total. The second kappa shape index (κ2) is 5.75. The molecular formula is C16H27NO. The largest absolute Gasteiger partial charge is 0.388 e. The van der Waals surface area contributed by atoms with Crippen LogP contribution in [-0.2, 0) is 0 Å². The van der Waals surface area contributed by atoms with Gasteiger partial charge in [-0.15, -0.1) is 0 Å². The summed E-state index contributed by atoms with van der Waals surface area (Å²) in [5.41, 5.74) is 2.44. The lowest BCUT2D eigenvalue weighted by Gasteiger charge is -2.37. The molecule has 0 saturated carbocycles. The van der Waals surface area contributed by atoms with E-state index in [4.69, 9.17) is 0 Å². The first-order valence-corrected chi connectivity index (χ1v) is 6.78. The third-order valence-electron chi connectivity index (χ3n) is 3.91. The number of rotatable bonds is 4. The van der Waals surface area contributed by atoms with Crippen molar-refractivity contribution >= 4 is 5.69 Å². The highest BCUT2D eigenvalue weighted by Crippen LogP contribution is 2.28. The second-order valence-corrected chi connectivity index (χ2v) is 6.17. The topological polar surface area (TPSA) is 23.5 Å². The molecule has 2 heteroatoms. The number of hydrogen-bond donors (Lipinski definition) is 1. The minimum atomic E-state index is -0.343. The van der Waals surface area contributed by atoms with E-state index >= 15 is 0 Å². The van der Waals surface area contributed by atoms with Crippen LogP contribution in [0.1, 0.15) is 52.7 Å². The van der Waals surface area contributed by atoms with E-state index in [0.29, 0.717) is 6.04 Å². The Morgan fingerprint density at radius 3 is 2.06 bits per heavy atom. The lowest BCUT2D eigenvalue weighted by Crippen LogP contribution is -2.39. The molecule has 0 aliphatic carbocycles. The van der Waals surface area contributed by atoms with Gasteiger partial charge in [-0.05, 0) is 36.5 Å². The van der Waals surface area contributed by atoms with Crippen molar-refractivity contribution in [3.05, 3.63) is 29.8 Å². The van der Waals surface area contributed by atoms with E-state index in [-0.39, 0.29) is 11.5 Å². The van der Waals surface area contributed by atoms with Gasteiger partial charge in [0.05, 0.1) is 6.10 Å². The van der Waals surface area contributed by atoms with Crippen LogP contribution in [0.15, 0.2) is 24.3 Å². The zero-order chi connectivity index (χ0) is 13.9. The Morgan fingerprint density at radius 2 is 1.67 bits per heavy atom. The van der Waals surface area contributed by atoms with Crippen molar-refractivity contribution in [1.29, 1.82) is 0 Å². The van der Waals surface area contributed by atoms with Gasteiger partial charge in [0.25, 0.3) is 0 Å². The van der Waals surface area contributed by atoms with Crippen LogP contribution in [0.25, 0.3) is 0 Å². The highest BCUT2D eigenvalue weighted by Gasteiger charge is 2.24. The molecule has 1 aromatic rings. The molecule has 2 atom stereocenters. The lowest BCUT2D eigenvalue weighted by atomic mass is 9.87. The molecule has 0 saturated heterocycles. The van der Waals surface area contributed by atoms with Crippen molar-refractivity contribution in [2.24, 2.45) is 5.41 Å². The Labute approximate surface area is 112 Å². The number of aliphatic hydroxyl groups excluding tert-OH is 1. The summed E-state index contributed by atoms with van der Waals surface area (Å²) in [6.07, 6.45) is 0.414. The summed E-state index contributed by atoms with van der Waals surface area (Å²) >= 11 is 0. The SMILES string of the molecule is CC[C@H](O)c1ccc(N(C)C(C)C(C)(C)C)cc1. The quantitative estimate of drug-likeness (QED) is 0.872. The highest BCUT2D eigenvalue weighted by atomic mass is 16.3. The highest BCUT2D eigenvalue weighted by molar-refractivity contribution is 5.48. The minimum Gasteiger partial charge on any atom is -0.388 e. The molecule has 0 aliphatic rings. The van der Waals surface area contributed by atoms with E-state index in [0.717, 1.165) is 12.0 Å². The Bertz CT molecular complexity index is 364. The minimum absolute atomic E-state index is 0.246. The Hall–Kier alpha value is -1.02. The van der Waals surface area contributed by atoms with E-state index in [9.17, 15) is 5.11 Å². The maximum absolute atomic E-state index is 9.78. The monoisotopic (exact) mass is 249 g/mol. The van der Waals surface area contributed by atoms with Crippen LogP contribution in [0.2, 0.25) is 0 Å². The average molecular weight is 249 g/mol. The average Bonchev–Trinajstić information content (AvgIpc) is 2.35. The molecule has 18 heavy (non-hydrogen) atoms. The van der Waals surface area contributed by atoms with Gasteiger partial charge in [0.1, 0.15) is 0 Å². The Kier molecular flexibility index (Phi) is 4.80. The molecule has 0 spiro atoms. The van der Waals surface area contributed by atoms with E-state index in [1.165, 1.54) is 5.69 Å². The van der Waals surface area contributed by atoms with E-state index in [2.05, 4.69) is 51.8 Å². The standard InChI is InChI=1S/C16H27NO/c1-7-15(18)13-8-10-14(11-9-13)17(6)12(2)16(3,4)5/h8-12,15,18H,7H2,1-6H3/t12?,15-/m0/s1. The first-order valence-electron chi connectivity index (χ1n) is 6.78. The molecule has 0 heterocycles. The summed E-state index contributed by atoms with van der Waals surface area (Å²) in [5.74, 6) is 0.